The maximum Gasteiger partial charge on any atom is 0.262 e. The number of unbranched alkanes of at least 4 members (excludes halogenated alkanes) is 1. The molecule has 0 saturated carbocycles. The van der Waals surface area contributed by atoms with E-state index in [1.165, 1.54) is 6.42 Å². The molecule has 2 N–H and O–H groups in total. The first-order valence-electron chi connectivity index (χ1n) is 9.70. The summed E-state index contributed by atoms with van der Waals surface area (Å²) in [4.78, 5) is 12.3. The number of hydrogen-bond acceptors (Lipinski definition) is 5. The fourth-order valence-corrected chi connectivity index (χ4v) is 2.66. The van der Waals surface area contributed by atoms with Crippen molar-refractivity contribution < 1.29 is 19.0 Å². The lowest BCUT2D eigenvalue weighted by Crippen LogP contribution is -2.20. The highest BCUT2D eigenvalue weighted by Crippen LogP contribution is 2.29. The minimum absolute atomic E-state index is 0.119. The second kappa shape index (κ2) is 11.9. The normalized spacial score (nSPS) is 10.4. The molecule has 0 fully saturated rings. The van der Waals surface area contributed by atoms with Gasteiger partial charge >= 0.3 is 0 Å². The van der Waals surface area contributed by atoms with Crippen LogP contribution in [0.1, 0.15) is 32.3 Å². The van der Waals surface area contributed by atoms with Gasteiger partial charge < -0.3 is 24.8 Å². The maximum atomic E-state index is 12.3. The number of ether oxygens (including phenoxy) is 3. The molecule has 0 spiro atoms. The highest BCUT2D eigenvalue weighted by atomic mass is 16.5. The average Bonchev–Trinajstić information content (AvgIpc) is 2.71. The molecule has 152 valence electrons. The summed E-state index contributed by atoms with van der Waals surface area (Å²) >= 11 is 0. The summed E-state index contributed by atoms with van der Waals surface area (Å²) in [5.74, 6) is 1.53. The van der Waals surface area contributed by atoms with Crippen molar-refractivity contribution in [2.75, 3.05) is 32.2 Å². The molecule has 0 radical (unpaired) electrons. The van der Waals surface area contributed by atoms with Crippen LogP contribution in [0.3, 0.4) is 0 Å². The molecule has 0 saturated heterocycles. The van der Waals surface area contributed by atoms with E-state index in [4.69, 9.17) is 14.2 Å². The highest BCUT2D eigenvalue weighted by molar-refractivity contribution is 5.93. The van der Waals surface area contributed by atoms with Crippen molar-refractivity contribution in [3.8, 4) is 17.2 Å². The van der Waals surface area contributed by atoms with Crippen molar-refractivity contribution in [1.82, 2.24) is 5.32 Å². The number of nitrogens with one attached hydrogen (secondary N) is 2. The lowest BCUT2D eigenvalue weighted by atomic mass is 10.2. The van der Waals surface area contributed by atoms with Crippen LogP contribution >= 0.6 is 0 Å². The van der Waals surface area contributed by atoms with E-state index in [-0.39, 0.29) is 12.5 Å². The molecule has 0 aliphatic carbocycles. The van der Waals surface area contributed by atoms with E-state index in [2.05, 4.69) is 17.6 Å². The van der Waals surface area contributed by atoms with Gasteiger partial charge in [0.15, 0.2) is 18.1 Å². The molecule has 2 aromatic rings. The van der Waals surface area contributed by atoms with Crippen molar-refractivity contribution in [1.29, 1.82) is 0 Å². The summed E-state index contributed by atoms with van der Waals surface area (Å²) < 4.78 is 16.6. The summed E-state index contributed by atoms with van der Waals surface area (Å²) in [5.41, 5.74) is 1.72. The molecule has 2 rings (SSSR count). The number of rotatable bonds is 12. The van der Waals surface area contributed by atoms with E-state index in [1.807, 2.05) is 37.3 Å². The van der Waals surface area contributed by atoms with Gasteiger partial charge in [-0.2, -0.15) is 0 Å². The molecular weight excluding hydrogens is 356 g/mol. The predicted molar refractivity (Wildman–Crippen MR) is 111 cm³/mol. The zero-order chi connectivity index (χ0) is 20.2. The van der Waals surface area contributed by atoms with Crippen molar-refractivity contribution in [3.05, 3.63) is 48.0 Å². The van der Waals surface area contributed by atoms with Crippen LogP contribution < -0.4 is 24.8 Å². The zero-order valence-electron chi connectivity index (χ0n) is 16.9. The van der Waals surface area contributed by atoms with Gasteiger partial charge in [-0.15, -0.1) is 0 Å². The Balaban J connectivity index is 1.95. The summed E-state index contributed by atoms with van der Waals surface area (Å²) in [6, 6.07) is 13.0. The molecule has 6 heteroatoms. The van der Waals surface area contributed by atoms with E-state index >= 15 is 0 Å². The monoisotopic (exact) mass is 386 g/mol. The molecule has 2 aromatic carbocycles. The minimum Gasteiger partial charge on any atom is -0.495 e. The molecule has 6 nitrogen and oxygen atoms in total. The standard InChI is InChI=1S/C22H30N2O4/c1-4-6-13-23-15-17-11-12-20(21(14-17)27-5-2)28-16-22(25)24-18-9-7-8-10-19(18)26-3/h7-12,14,23H,4-6,13,15-16H2,1-3H3,(H,24,25). The van der Waals surface area contributed by atoms with Crippen LogP contribution in [-0.4, -0.2) is 32.8 Å². The molecule has 0 bridgehead atoms. The van der Waals surface area contributed by atoms with E-state index in [1.54, 1.807) is 19.2 Å². The van der Waals surface area contributed by atoms with Crippen molar-refractivity contribution in [2.24, 2.45) is 0 Å². The van der Waals surface area contributed by atoms with Crippen molar-refractivity contribution in [2.45, 2.75) is 33.2 Å². The number of para-hydroxylation sites is 2. The lowest BCUT2D eigenvalue weighted by molar-refractivity contribution is -0.118. The summed E-state index contributed by atoms with van der Waals surface area (Å²) in [6.45, 7) is 6.26. The number of methoxy groups -OCH3 is 1. The molecule has 0 atom stereocenters. The Morgan fingerprint density at radius 2 is 1.82 bits per heavy atom. The quantitative estimate of drug-likeness (QED) is 0.540. The van der Waals surface area contributed by atoms with Gasteiger partial charge in [-0.05, 0) is 49.7 Å². The van der Waals surface area contributed by atoms with E-state index < -0.39 is 0 Å². The minimum atomic E-state index is -0.266. The van der Waals surface area contributed by atoms with E-state index in [9.17, 15) is 4.79 Å². The van der Waals surface area contributed by atoms with Crippen LogP contribution in [0.4, 0.5) is 5.69 Å². The average molecular weight is 386 g/mol. The Labute approximate surface area is 167 Å². The smallest absolute Gasteiger partial charge is 0.262 e. The summed E-state index contributed by atoms with van der Waals surface area (Å²) in [7, 11) is 1.56. The first kappa shape index (κ1) is 21.6. The molecule has 0 aromatic heterocycles. The van der Waals surface area contributed by atoms with Crippen LogP contribution in [0.25, 0.3) is 0 Å². The Morgan fingerprint density at radius 1 is 1.00 bits per heavy atom. The number of carbonyl (C=O) groups is 1. The van der Waals surface area contributed by atoms with Gasteiger partial charge in [0.25, 0.3) is 5.91 Å². The number of anilines is 1. The van der Waals surface area contributed by atoms with Gasteiger partial charge in [-0.1, -0.05) is 31.5 Å². The molecule has 0 aliphatic rings. The predicted octanol–water partition coefficient (Wildman–Crippen LogP) is 4.00. The Kier molecular flexibility index (Phi) is 9.15. The summed E-state index contributed by atoms with van der Waals surface area (Å²) in [5, 5.41) is 6.20. The fourth-order valence-electron chi connectivity index (χ4n) is 2.66. The second-order valence-corrected chi connectivity index (χ2v) is 6.28. The zero-order valence-corrected chi connectivity index (χ0v) is 16.9. The third-order valence-corrected chi connectivity index (χ3v) is 4.08. The molecule has 28 heavy (non-hydrogen) atoms. The largest absolute Gasteiger partial charge is 0.495 e. The fraction of sp³-hybridized carbons (Fsp3) is 0.409. The third kappa shape index (κ3) is 6.78. The van der Waals surface area contributed by atoms with Crippen LogP contribution in [0.2, 0.25) is 0 Å². The van der Waals surface area contributed by atoms with Crippen LogP contribution in [0.5, 0.6) is 17.2 Å². The van der Waals surface area contributed by atoms with Gasteiger partial charge in [-0.25, -0.2) is 0 Å². The number of amides is 1. The molecule has 0 aliphatic heterocycles. The topological polar surface area (TPSA) is 68.8 Å². The van der Waals surface area contributed by atoms with Crippen LogP contribution in [-0.2, 0) is 11.3 Å². The van der Waals surface area contributed by atoms with Gasteiger partial charge in [0.05, 0.1) is 19.4 Å². The third-order valence-electron chi connectivity index (χ3n) is 4.08. The highest BCUT2D eigenvalue weighted by Gasteiger charge is 2.11. The Morgan fingerprint density at radius 3 is 2.57 bits per heavy atom. The van der Waals surface area contributed by atoms with Gasteiger partial charge in [0.2, 0.25) is 0 Å². The Bertz CT molecular complexity index is 749. The number of carbonyl (C=O) groups excluding carboxylic acids is 1. The van der Waals surface area contributed by atoms with Crippen molar-refractivity contribution >= 4 is 11.6 Å². The molecule has 0 unspecified atom stereocenters. The van der Waals surface area contributed by atoms with Gasteiger partial charge in [-0.3, -0.25) is 4.79 Å². The van der Waals surface area contributed by atoms with Crippen LogP contribution in [0.15, 0.2) is 42.5 Å². The second-order valence-electron chi connectivity index (χ2n) is 6.28. The van der Waals surface area contributed by atoms with Crippen LogP contribution in [0, 0.1) is 0 Å². The Hall–Kier alpha value is -2.73. The molecular formula is C22H30N2O4. The van der Waals surface area contributed by atoms with E-state index in [0.717, 1.165) is 25.1 Å². The van der Waals surface area contributed by atoms with Gasteiger partial charge in [0.1, 0.15) is 5.75 Å². The maximum absolute atomic E-state index is 12.3. The first-order chi connectivity index (χ1) is 13.7. The SMILES string of the molecule is CCCCNCc1ccc(OCC(=O)Nc2ccccc2OC)c(OCC)c1. The number of benzene rings is 2. The van der Waals surface area contributed by atoms with Gasteiger partial charge in [0, 0.05) is 6.54 Å². The first-order valence-corrected chi connectivity index (χ1v) is 9.70. The van der Waals surface area contributed by atoms with Crippen molar-refractivity contribution in [3.63, 3.8) is 0 Å². The van der Waals surface area contributed by atoms with E-state index in [0.29, 0.717) is 29.5 Å². The summed E-state index contributed by atoms with van der Waals surface area (Å²) in [6.07, 6.45) is 2.32. The molecule has 1 amide bonds. The number of hydrogen-bond donors (Lipinski definition) is 2. The molecule has 0 heterocycles. The lowest BCUT2D eigenvalue weighted by Gasteiger charge is -2.14.